The maximum Gasteiger partial charge on any atom is 0.261 e. The fraction of sp³-hybridized carbons (Fsp3) is 0.318. The fourth-order valence-corrected chi connectivity index (χ4v) is 3.94. The first-order valence-corrected chi connectivity index (χ1v) is 10.7. The number of nitrogens with zero attached hydrogens (tertiary/aromatic N) is 2. The lowest BCUT2D eigenvalue weighted by molar-refractivity contribution is -0.117. The molecule has 0 atom stereocenters. The van der Waals surface area contributed by atoms with Gasteiger partial charge in [0.15, 0.2) is 0 Å². The van der Waals surface area contributed by atoms with Crippen molar-refractivity contribution in [3.05, 3.63) is 64.8 Å². The van der Waals surface area contributed by atoms with Gasteiger partial charge in [-0.2, -0.15) is 5.10 Å². The summed E-state index contributed by atoms with van der Waals surface area (Å²) < 4.78 is 1.90. The van der Waals surface area contributed by atoms with E-state index >= 15 is 0 Å². The molecule has 0 radical (unpaired) electrons. The number of hydrogen-bond donors (Lipinski definition) is 2. The number of hydrogen-bond acceptors (Lipinski definition) is 4. The molecule has 4 rings (SSSR count). The van der Waals surface area contributed by atoms with Crippen LogP contribution in [0.15, 0.2) is 48.7 Å². The summed E-state index contributed by atoms with van der Waals surface area (Å²) >= 11 is 1.31. The minimum atomic E-state index is -0.0985. The topological polar surface area (TPSA) is 76.0 Å². The first-order chi connectivity index (χ1) is 14.1. The second-order valence-electron chi connectivity index (χ2n) is 7.31. The lowest BCUT2D eigenvalue weighted by Crippen LogP contribution is -2.23. The molecular formula is C22H24N4O2S. The van der Waals surface area contributed by atoms with Crippen molar-refractivity contribution in [2.24, 2.45) is 5.92 Å². The molecular weight excluding hydrogens is 384 g/mol. The van der Waals surface area contributed by atoms with Crippen LogP contribution in [0.1, 0.15) is 40.2 Å². The Morgan fingerprint density at radius 3 is 2.72 bits per heavy atom. The molecule has 6 nitrogen and oxygen atoms in total. The fourth-order valence-electron chi connectivity index (χ4n) is 3.12. The molecule has 0 bridgehead atoms. The smallest absolute Gasteiger partial charge is 0.261 e. The van der Waals surface area contributed by atoms with Gasteiger partial charge in [0, 0.05) is 18.7 Å². The maximum atomic E-state index is 12.3. The quantitative estimate of drug-likeness (QED) is 0.554. The summed E-state index contributed by atoms with van der Waals surface area (Å²) in [6.07, 6.45) is 5.68. The average Bonchev–Trinajstić information content (AvgIpc) is 3.38. The van der Waals surface area contributed by atoms with Gasteiger partial charge in [0.1, 0.15) is 0 Å². The van der Waals surface area contributed by atoms with Gasteiger partial charge in [-0.3, -0.25) is 9.59 Å². The van der Waals surface area contributed by atoms with Crippen molar-refractivity contribution >= 4 is 28.2 Å². The summed E-state index contributed by atoms with van der Waals surface area (Å²) in [5, 5.41) is 11.2. The lowest BCUT2D eigenvalue weighted by Gasteiger charge is -2.03. The Morgan fingerprint density at radius 1 is 1.17 bits per heavy atom. The minimum Gasteiger partial charge on any atom is -0.351 e. The molecule has 0 aliphatic heterocycles. The molecule has 1 aliphatic rings. The van der Waals surface area contributed by atoms with Crippen molar-refractivity contribution in [1.29, 1.82) is 0 Å². The molecule has 1 aromatic carbocycles. The maximum absolute atomic E-state index is 12.3. The van der Waals surface area contributed by atoms with Gasteiger partial charge < -0.3 is 10.6 Å². The van der Waals surface area contributed by atoms with Crippen LogP contribution >= 0.6 is 11.3 Å². The standard InChI is InChI=1S/C22H24N4O2S/c1-15-17(14-26(25-15)18-7-3-2-4-8-18)6-5-13-23-22(28)19-11-12-20(29-19)24-21(27)16-9-10-16/h2-4,7-8,11-12,14,16H,5-6,9-10,13H2,1H3,(H,23,28)(H,24,27). The average molecular weight is 409 g/mol. The number of anilines is 1. The van der Waals surface area contributed by atoms with E-state index in [2.05, 4.69) is 21.9 Å². The molecule has 0 saturated heterocycles. The van der Waals surface area contributed by atoms with E-state index in [9.17, 15) is 9.59 Å². The van der Waals surface area contributed by atoms with E-state index in [1.54, 1.807) is 12.1 Å². The summed E-state index contributed by atoms with van der Waals surface area (Å²) in [5.41, 5.74) is 3.23. The van der Waals surface area contributed by atoms with Crippen molar-refractivity contribution in [3.63, 3.8) is 0 Å². The molecule has 0 spiro atoms. The van der Waals surface area contributed by atoms with Gasteiger partial charge in [-0.1, -0.05) is 18.2 Å². The zero-order chi connectivity index (χ0) is 20.2. The van der Waals surface area contributed by atoms with Gasteiger partial charge in [0.05, 0.1) is 21.3 Å². The van der Waals surface area contributed by atoms with E-state index < -0.39 is 0 Å². The third-order valence-corrected chi connectivity index (χ3v) is 5.95. The molecule has 2 N–H and O–H groups in total. The highest BCUT2D eigenvalue weighted by atomic mass is 32.1. The second-order valence-corrected chi connectivity index (χ2v) is 8.39. The molecule has 3 aromatic rings. The molecule has 2 amide bonds. The summed E-state index contributed by atoms with van der Waals surface area (Å²) in [5.74, 6) is 0.118. The number of amides is 2. The number of carbonyl (C=O) groups is 2. The van der Waals surface area contributed by atoms with Crippen molar-refractivity contribution in [2.75, 3.05) is 11.9 Å². The molecule has 1 fully saturated rings. The molecule has 2 heterocycles. The van der Waals surface area contributed by atoms with Crippen LogP contribution in [0.25, 0.3) is 5.69 Å². The van der Waals surface area contributed by atoms with E-state index in [-0.39, 0.29) is 17.7 Å². The van der Waals surface area contributed by atoms with Gasteiger partial charge in [-0.05, 0) is 62.4 Å². The van der Waals surface area contributed by atoms with Crippen LogP contribution < -0.4 is 10.6 Å². The number of para-hydroxylation sites is 1. The van der Waals surface area contributed by atoms with Crippen LogP contribution in [0.5, 0.6) is 0 Å². The van der Waals surface area contributed by atoms with Crippen LogP contribution in [0.3, 0.4) is 0 Å². The van der Waals surface area contributed by atoms with E-state index in [1.807, 2.05) is 41.9 Å². The zero-order valence-corrected chi connectivity index (χ0v) is 17.2. The number of rotatable bonds is 8. The van der Waals surface area contributed by atoms with Crippen LogP contribution in [-0.4, -0.2) is 28.1 Å². The third kappa shape index (κ3) is 4.92. The molecule has 0 unspecified atom stereocenters. The van der Waals surface area contributed by atoms with E-state index in [4.69, 9.17) is 0 Å². The number of aryl methyl sites for hydroxylation is 2. The highest BCUT2D eigenvalue weighted by Crippen LogP contribution is 2.31. The Labute approximate surface area is 173 Å². The lowest BCUT2D eigenvalue weighted by atomic mass is 10.1. The second kappa shape index (κ2) is 8.61. The van der Waals surface area contributed by atoms with Crippen molar-refractivity contribution in [1.82, 2.24) is 15.1 Å². The molecule has 29 heavy (non-hydrogen) atoms. The number of carbonyl (C=O) groups excluding carboxylic acids is 2. The predicted molar refractivity (Wildman–Crippen MR) is 115 cm³/mol. The predicted octanol–water partition coefficient (Wildman–Crippen LogP) is 3.95. The van der Waals surface area contributed by atoms with Gasteiger partial charge in [-0.25, -0.2) is 4.68 Å². The van der Waals surface area contributed by atoms with Gasteiger partial charge >= 0.3 is 0 Å². The Balaban J connectivity index is 1.24. The largest absolute Gasteiger partial charge is 0.351 e. The number of aromatic nitrogens is 2. The first-order valence-electron chi connectivity index (χ1n) is 9.89. The van der Waals surface area contributed by atoms with E-state index in [0.29, 0.717) is 11.4 Å². The first kappa shape index (κ1) is 19.4. The van der Waals surface area contributed by atoms with Crippen molar-refractivity contribution in [3.8, 4) is 5.69 Å². The van der Waals surface area contributed by atoms with Gasteiger partial charge in [0.2, 0.25) is 5.91 Å². The van der Waals surface area contributed by atoms with Crippen LogP contribution in [0, 0.1) is 12.8 Å². The number of nitrogens with one attached hydrogen (secondary N) is 2. The molecule has 150 valence electrons. The molecule has 7 heteroatoms. The van der Waals surface area contributed by atoms with Gasteiger partial charge in [-0.15, -0.1) is 11.3 Å². The van der Waals surface area contributed by atoms with Gasteiger partial charge in [0.25, 0.3) is 5.91 Å². The zero-order valence-electron chi connectivity index (χ0n) is 16.4. The normalized spacial score (nSPS) is 13.3. The van der Waals surface area contributed by atoms with Crippen molar-refractivity contribution in [2.45, 2.75) is 32.6 Å². The highest BCUT2D eigenvalue weighted by molar-refractivity contribution is 7.18. The summed E-state index contributed by atoms with van der Waals surface area (Å²) in [4.78, 5) is 24.7. The number of thiophene rings is 1. The van der Waals surface area contributed by atoms with E-state index in [0.717, 1.165) is 42.1 Å². The summed E-state index contributed by atoms with van der Waals surface area (Å²) in [6, 6.07) is 13.6. The molecule has 2 aromatic heterocycles. The monoisotopic (exact) mass is 408 g/mol. The van der Waals surface area contributed by atoms with Crippen LogP contribution in [0.4, 0.5) is 5.00 Å². The molecule has 1 saturated carbocycles. The Hall–Kier alpha value is -2.93. The Morgan fingerprint density at radius 2 is 1.97 bits per heavy atom. The summed E-state index contributed by atoms with van der Waals surface area (Å²) in [7, 11) is 0. The number of benzene rings is 1. The minimum absolute atomic E-state index is 0.0604. The van der Waals surface area contributed by atoms with Crippen LogP contribution in [-0.2, 0) is 11.2 Å². The Kier molecular flexibility index (Phi) is 5.76. The highest BCUT2D eigenvalue weighted by Gasteiger charge is 2.29. The third-order valence-electron chi connectivity index (χ3n) is 4.95. The van der Waals surface area contributed by atoms with Crippen molar-refractivity contribution < 1.29 is 9.59 Å². The summed E-state index contributed by atoms with van der Waals surface area (Å²) in [6.45, 7) is 2.60. The SMILES string of the molecule is Cc1nn(-c2ccccc2)cc1CCCNC(=O)c1ccc(NC(=O)C2CC2)s1. The Bertz CT molecular complexity index is 1010. The van der Waals surface area contributed by atoms with Crippen LogP contribution in [0.2, 0.25) is 0 Å². The van der Waals surface area contributed by atoms with E-state index in [1.165, 1.54) is 16.9 Å². The molecule has 1 aliphatic carbocycles.